The van der Waals surface area contributed by atoms with Gasteiger partial charge in [-0.15, -0.1) is 22.7 Å². The molecule has 0 atom stereocenters. The Morgan fingerprint density at radius 2 is 1.92 bits per heavy atom. The number of rotatable bonds is 6. The first-order valence-corrected chi connectivity index (χ1v) is 14.3. The molecule has 2 aromatic carbocycles. The molecule has 0 saturated heterocycles. The summed E-state index contributed by atoms with van der Waals surface area (Å²) in [6.45, 7) is 1.82. The minimum absolute atomic E-state index is 0.209. The van der Waals surface area contributed by atoms with Gasteiger partial charge in [-0.3, -0.25) is 14.2 Å². The third kappa shape index (κ3) is 4.41. The number of benzene rings is 2. The average molecular weight is 544 g/mol. The number of hydrogen-bond donors (Lipinski definition) is 1. The predicted octanol–water partition coefficient (Wildman–Crippen LogP) is 6.03. The van der Waals surface area contributed by atoms with Gasteiger partial charge in [0.1, 0.15) is 16.4 Å². The normalized spacial score (nSPS) is 13.0. The molecule has 0 aliphatic heterocycles. The van der Waals surface area contributed by atoms with E-state index in [4.69, 9.17) is 4.74 Å². The van der Waals surface area contributed by atoms with Gasteiger partial charge in [0.25, 0.3) is 5.56 Å². The van der Waals surface area contributed by atoms with E-state index in [1.807, 2.05) is 35.7 Å². The van der Waals surface area contributed by atoms with Crippen LogP contribution in [0.1, 0.15) is 40.6 Å². The van der Waals surface area contributed by atoms with Crippen molar-refractivity contribution in [3.63, 3.8) is 0 Å². The van der Waals surface area contributed by atoms with Crippen LogP contribution < -0.4 is 10.9 Å². The summed E-state index contributed by atoms with van der Waals surface area (Å²) in [5.41, 5.74) is 2.90. The number of carbonyl (C=O) groups excluding carboxylic acids is 2. The Bertz CT molecular complexity index is 1770. The zero-order valence-corrected chi connectivity index (χ0v) is 22.4. The van der Waals surface area contributed by atoms with Crippen molar-refractivity contribution in [1.82, 2.24) is 9.55 Å². The van der Waals surface area contributed by atoms with Gasteiger partial charge >= 0.3 is 5.97 Å². The molecular formula is C29H25N3O4S2. The van der Waals surface area contributed by atoms with Crippen LogP contribution in [0.4, 0.5) is 5.00 Å². The van der Waals surface area contributed by atoms with Crippen molar-refractivity contribution in [2.24, 2.45) is 0 Å². The molecule has 9 heteroatoms. The molecule has 1 aliphatic carbocycles. The molecule has 0 saturated carbocycles. The van der Waals surface area contributed by atoms with Crippen molar-refractivity contribution in [3.8, 4) is 11.1 Å². The molecule has 0 bridgehead atoms. The number of amides is 1. The largest absolute Gasteiger partial charge is 0.462 e. The highest BCUT2D eigenvalue weighted by Gasteiger charge is 2.27. The lowest BCUT2D eigenvalue weighted by atomic mass is 9.95. The summed E-state index contributed by atoms with van der Waals surface area (Å²) in [7, 11) is 0. The zero-order chi connectivity index (χ0) is 26.2. The number of aryl methyl sites for hydroxylation is 1. The SMILES string of the molecule is CCOC(=O)c1c(NC(=O)Cn2cnc3scc(-c4ccc5ccccc5c4)c3c2=O)sc2c1CCCC2. The maximum Gasteiger partial charge on any atom is 0.341 e. The number of hydrogen-bond acceptors (Lipinski definition) is 7. The van der Waals surface area contributed by atoms with E-state index >= 15 is 0 Å². The van der Waals surface area contributed by atoms with Crippen LogP contribution >= 0.6 is 22.7 Å². The third-order valence-corrected chi connectivity index (χ3v) is 8.93. The number of fused-ring (bicyclic) bond motifs is 3. The lowest BCUT2D eigenvalue weighted by Gasteiger charge is -2.12. The number of nitrogens with zero attached hydrogens (tertiary/aromatic N) is 2. The van der Waals surface area contributed by atoms with Crippen LogP contribution in [-0.2, 0) is 28.9 Å². The highest BCUT2D eigenvalue weighted by molar-refractivity contribution is 7.17. The standard InChI is InChI=1S/C29H25N3O4S2/c1-2-36-29(35)25-20-9-5-6-10-22(20)38-27(25)31-23(33)14-32-16-30-26-24(28(32)34)21(15-37-26)19-12-11-17-7-3-4-8-18(17)13-19/h3-4,7-8,11-13,15-16H,2,5-6,9-10,14H2,1H3,(H,31,33). The molecule has 0 fully saturated rings. The molecule has 38 heavy (non-hydrogen) atoms. The first-order chi connectivity index (χ1) is 18.5. The Balaban J connectivity index is 1.31. The third-order valence-electron chi connectivity index (χ3n) is 6.84. The summed E-state index contributed by atoms with van der Waals surface area (Å²) >= 11 is 2.84. The van der Waals surface area contributed by atoms with Gasteiger partial charge in [0.05, 0.1) is 23.9 Å². The number of carbonyl (C=O) groups is 2. The fraction of sp³-hybridized carbons (Fsp3) is 0.241. The maximum absolute atomic E-state index is 13.5. The van der Waals surface area contributed by atoms with Crippen molar-refractivity contribution in [2.75, 3.05) is 11.9 Å². The second-order valence-corrected chi connectivity index (χ2v) is 11.2. The van der Waals surface area contributed by atoms with Gasteiger partial charge in [0.15, 0.2) is 0 Å². The van der Waals surface area contributed by atoms with E-state index in [-0.39, 0.29) is 24.6 Å². The van der Waals surface area contributed by atoms with E-state index in [0.717, 1.165) is 58.0 Å². The van der Waals surface area contributed by atoms with Gasteiger partial charge in [0, 0.05) is 15.8 Å². The molecule has 1 amide bonds. The first-order valence-electron chi connectivity index (χ1n) is 12.6. The van der Waals surface area contributed by atoms with Crippen LogP contribution in [0.3, 0.4) is 0 Å². The van der Waals surface area contributed by atoms with Crippen LogP contribution in [0.5, 0.6) is 0 Å². The van der Waals surface area contributed by atoms with Crippen molar-refractivity contribution >= 4 is 60.5 Å². The molecule has 3 heterocycles. The predicted molar refractivity (Wildman–Crippen MR) is 152 cm³/mol. The Morgan fingerprint density at radius 1 is 1.11 bits per heavy atom. The maximum atomic E-state index is 13.5. The van der Waals surface area contributed by atoms with Gasteiger partial charge in [-0.05, 0) is 60.6 Å². The minimum atomic E-state index is -0.416. The Morgan fingerprint density at radius 3 is 2.76 bits per heavy atom. The lowest BCUT2D eigenvalue weighted by Crippen LogP contribution is -2.28. The second kappa shape index (κ2) is 10.2. The highest BCUT2D eigenvalue weighted by Crippen LogP contribution is 2.38. The molecule has 1 N–H and O–H groups in total. The molecule has 0 unspecified atom stereocenters. The van der Waals surface area contributed by atoms with Gasteiger partial charge in [-0.1, -0.05) is 36.4 Å². The monoisotopic (exact) mass is 543 g/mol. The summed E-state index contributed by atoms with van der Waals surface area (Å²) in [6, 6.07) is 14.2. The fourth-order valence-corrected chi connectivity index (χ4v) is 7.24. The van der Waals surface area contributed by atoms with Gasteiger partial charge < -0.3 is 10.1 Å². The summed E-state index contributed by atoms with van der Waals surface area (Å²) in [4.78, 5) is 45.6. The number of aromatic nitrogens is 2. The Hall–Kier alpha value is -3.82. The van der Waals surface area contributed by atoms with E-state index in [0.29, 0.717) is 20.8 Å². The summed E-state index contributed by atoms with van der Waals surface area (Å²) in [5, 5.41) is 8.03. The number of esters is 1. The summed E-state index contributed by atoms with van der Waals surface area (Å²) in [6.07, 6.45) is 5.16. The van der Waals surface area contributed by atoms with E-state index < -0.39 is 5.97 Å². The molecule has 0 radical (unpaired) electrons. The topological polar surface area (TPSA) is 90.3 Å². The molecule has 192 valence electrons. The molecule has 1 aliphatic rings. The molecule has 6 rings (SSSR count). The lowest BCUT2D eigenvalue weighted by molar-refractivity contribution is -0.116. The average Bonchev–Trinajstić information content (AvgIpc) is 3.52. The van der Waals surface area contributed by atoms with Crippen molar-refractivity contribution in [1.29, 1.82) is 0 Å². The number of ether oxygens (including phenoxy) is 1. The van der Waals surface area contributed by atoms with Crippen molar-refractivity contribution in [2.45, 2.75) is 39.2 Å². The molecule has 5 aromatic rings. The van der Waals surface area contributed by atoms with Gasteiger partial charge in [-0.2, -0.15) is 0 Å². The minimum Gasteiger partial charge on any atom is -0.462 e. The van der Waals surface area contributed by atoms with E-state index in [9.17, 15) is 14.4 Å². The first kappa shape index (κ1) is 24.5. The Labute approximate surface area is 226 Å². The summed E-state index contributed by atoms with van der Waals surface area (Å²) < 4.78 is 6.61. The molecule has 3 aromatic heterocycles. The van der Waals surface area contributed by atoms with E-state index in [1.165, 1.54) is 33.6 Å². The van der Waals surface area contributed by atoms with Crippen LogP contribution in [0, 0.1) is 0 Å². The van der Waals surface area contributed by atoms with Crippen molar-refractivity contribution < 1.29 is 14.3 Å². The van der Waals surface area contributed by atoms with E-state index in [1.54, 1.807) is 6.92 Å². The zero-order valence-electron chi connectivity index (χ0n) is 20.8. The Kier molecular flexibility index (Phi) is 6.55. The second-order valence-electron chi connectivity index (χ2n) is 9.25. The molecular weight excluding hydrogens is 518 g/mol. The smallest absolute Gasteiger partial charge is 0.341 e. The highest BCUT2D eigenvalue weighted by atomic mass is 32.1. The van der Waals surface area contributed by atoms with Crippen LogP contribution in [0.15, 0.2) is 59.0 Å². The summed E-state index contributed by atoms with van der Waals surface area (Å²) in [5.74, 6) is -0.805. The van der Waals surface area contributed by atoms with Gasteiger partial charge in [-0.25, -0.2) is 9.78 Å². The van der Waals surface area contributed by atoms with Crippen LogP contribution in [0.25, 0.3) is 32.1 Å². The van der Waals surface area contributed by atoms with Gasteiger partial charge in [0.2, 0.25) is 5.91 Å². The van der Waals surface area contributed by atoms with Crippen LogP contribution in [0.2, 0.25) is 0 Å². The van der Waals surface area contributed by atoms with E-state index in [2.05, 4.69) is 22.4 Å². The van der Waals surface area contributed by atoms with Crippen molar-refractivity contribution in [3.05, 3.63) is 80.5 Å². The fourth-order valence-electron chi connectivity index (χ4n) is 5.04. The number of thiophene rings is 2. The van der Waals surface area contributed by atoms with Crippen LogP contribution in [-0.4, -0.2) is 28.0 Å². The quantitative estimate of drug-likeness (QED) is 0.264. The molecule has 7 nitrogen and oxygen atoms in total. The number of nitrogens with one attached hydrogen (secondary N) is 1. The number of anilines is 1. The molecule has 0 spiro atoms.